The molecule has 20 heavy (non-hydrogen) atoms. The Morgan fingerprint density at radius 2 is 2.00 bits per heavy atom. The molecule has 0 spiro atoms. The molecule has 1 aromatic heterocycles. The molecule has 0 bridgehead atoms. The van der Waals surface area contributed by atoms with Crippen LogP contribution in [-0.4, -0.2) is 4.98 Å². The van der Waals surface area contributed by atoms with E-state index in [4.69, 9.17) is 0 Å². The Morgan fingerprint density at radius 1 is 1.20 bits per heavy atom. The van der Waals surface area contributed by atoms with Crippen molar-refractivity contribution in [1.29, 1.82) is 0 Å². The summed E-state index contributed by atoms with van der Waals surface area (Å²) in [5, 5.41) is 4.40. The molecule has 1 heterocycles. The summed E-state index contributed by atoms with van der Waals surface area (Å²) in [7, 11) is 0. The second kappa shape index (κ2) is 5.21. The summed E-state index contributed by atoms with van der Waals surface area (Å²) in [6, 6.07) is 13.3. The normalized spacial score (nSPS) is 12.6. The number of para-hydroxylation sites is 1. The first-order chi connectivity index (χ1) is 9.63. The zero-order valence-corrected chi connectivity index (χ0v) is 12.2. The predicted octanol–water partition coefficient (Wildman–Crippen LogP) is 4.92. The maximum absolute atomic E-state index is 13.3. The summed E-state index contributed by atoms with van der Waals surface area (Å²) >= 11 is 1.68. The first kappa shape index (κ1) is 13.1. The quantitative estimate of drug-likeness (QED) is 0.739. The Hall–Kier alpha value is -1.94. The van der Waals surface area contributed by atoms with Crippen molar-refractivity contribution in [3.05, 3.63) is 58.9 Å². The van der Waals surface area contributed by atoms with E-state index >= 15 is 0 Å². The molecule has 0 saturated heterocycles. The van der Waals surface area contributed by atoms with Crippen LogP contribution in [0.25, 0.3) is 10.2 Å². The Balaban J connectivity index is 1.84. The zero-order chi connectivity index (χ0) is 14.1. The summed E-state index contributed by atoms with van der Waals surface area (Å²) in [6.07, 6.45) is 0. The average molecular weight is 286 g/mol. The van der Waals surface area contributed by atoms with E-state index in [0.717, 1.165) is 16.2 Å². The lowest BCUT2D eigenvalue weighted by Crippen LogP contribution is -2.06. The number of halogens is 1. The highest BCUT2D eigenvalue weighted by molar-refractivity contribution is 7.18. The summed E-state index contributed by atoms with van der Waals surface area (Å²) < 4.78 is 14.4. The molecule has 3 rings (SSSR count). The molecule has 1 atom stereocenters. The number of hydrogen-bond donors (Lipinski definition) is 1. The van der Waals surface area contributed by atoms with Crippen molar-refractivity contribution in [2.75, 3.05) is 5.32 Å². The van der Waals surface area contributed by atoms with Gasteiger partial charge in [0, 0.05) is 5.69 Å². The van der Waals surface area contributed by atoms with E-state index in [1.54, 1.807) is 24.3 Å². The number of aryl methyl sites for hydroxylation is 1. The number of benzene rings is 2. The number of nitrogens with one attached hydrogen (secondary N) is 1. The van der Waals surface area contributed by atoms with Gasteiger partial charge in [-0.25, -0.2) is 9.37 Å². The number of hydrogen-bond acceptors (Lipinski definition) is 3. The maximum atomic E-state index is 13.3. The molecule has 102 valence electrons. The van der Waals surface area contributed by atoms with Crippen LogP contribution in [0.4, 0.5) is 10.1 Å². The van der Waals surface area contributed by atoms with Crippen LogP contribution in [0.3, 0.4) is 0 Å². The molecular formula is C16H15FN2S. The van der Waals surface area contributed by atoms with Crippen LogP contribution in [0, 0.1) is 12.7 Å². The molecule has 0 saturated carbocycles. The highest BCUT2D eigenvalue weighted by Gasteiger charge is 2.11. The van der Waals surface area contributed by atoms with E-state index in [1.165, 1.54) is 10.8 Å². The van der Waals surface area contributed by atoms with Gasteiger partial charge in [-0.2, -0.15) is 0 Å². The number of aromatic nitrogens is 1. The number of anilines is 1. The Kier molecular flexibility index (Phi) is 3.40. The second-order valence-electron chi connectivity index (χ2n) is 4.85. The number of nitrogens with zero attached hydrogens (tertiary/aromatic N) is 1. The minimum absolute atomic E-state index is 0.0947. The van der Waals surface area contributed by atoms with Gasteiger partial charge in [0.2, 0.25) is 0 Å². The molecule has 0 aliphatic carbocycles. The fraction of sp³-hybridized carbons (Fsp3) is 0.188. The van der Waals surface area contributed by atoms with Crippen LogP contribution in [0.1, 0.15) is 23.5 Å². The van der Waals surface area contributed by atoms with Crippen molar-refractivity contribution >= 4 is 27.2 Å². The van der Waals surface area contributed by atoms with Crippen LogP contribution in [0.2, 0.25) is 0 Å². The van der Waals surface area contributed by atoms with Gasteiger partial charge in [0.1, 0.15) is 10.8 Å². The standard InChI is InChI=1S/C16H15FN2S/c1-10-9-12(7-8-13(10)17)18-11(2)16-19-14-5-3-4-6-15(14)20-16/h3-9,11,18H,1-2H3. The lowest BCUT2D eigenvalue weighted by atomic mass is 10.2. The van der Waals surface area contributed by atoms with Gasteiger partial charge in [-0.3, -0.25) is 0 Å². The molecule has 1 unspecified atom stereocenters. The highest BCUT2D eigenvalue weighted by atomic mass is 32.1. The first-order valence-electron chi connectivity index (χ1n) is 6.51. The smallest absolute Gasteiger partial charge is 0.126 e. The number of fused-ring (bicyclic) bond motifs is 1. The third kappa shape index (κ3) is 2.51. The van der Waals surface area contributed by atoms with Crippen molar-refractivity contribution < 1.29 is 4.39 Å². The van der Waals surface area contributed by atoms with Crippen molar-refractivity contribution in [3.8, 4) is 0 Å². The Morgan fingerprint density at radius 3 is 2.75 bits per heavy atom. The molecule has 2 aromatic carbocycles. The summed E-state index contributed by atoms with van der Waals surface area (Å²) in [5.74, 6) is -0.178. The van der Waals surface area contributed by atoms with E-state index in [-0.39, 0.29) is 11.9 Å². The van der Waals surface area contributed by atoms with Gasteiger partial charge in [0.05, 0.1) is 16.3 Å². The maximum Gasteiger partial charge on any atom is 0.126 e. The minimum Gasteiger partial charge on any atom is -0.376 e. The van der Waals surface area contributed by atoms with E-state index in [1.807, 2.05) is 24.3 Å². The molecule has 1 N–H and O–H groups in total. The van der Waals surface area contributed by atoms with Gasteiger partial charge in [0.25, 0.3) is 0 Å². The fourth-order valence-corrected chi connectivity index (χ4v) is 3.09. The van der Waals surface area contributed by atoms with E-state index in [9.17, 15) is 4.39 Å². The van der Waals surface area contributed by atoms with E-state index in [0.29, 0.717) is 5.56 Å². The molecule has 0 aliphatic rings. The molecule has 3 aromatic rings. The van der Waals surface area contributed by atoms with Crippen molar-refractivity contribution in [2.45, 2.75) is 19.9 Å². The molecule has 0 radical (unpaired) electrons. The topological polar surface area (TPSA) is 24.9 Å². The van der Waals surface area contributed by atoms with Gasteiger partial charge in [-0.1, -0.05) is 12.1 Å². The summed E-state index contributed by atoms with van der Waals surface area (Å²) in [6.45, 7) is 3.83. The molecule has 0 aliphatic heterocycles. The zero-order valence-electron chi connectivity index (χ0n) is 11.4. The minimum atomic E-state index is -0.178. The van der Waals surface area contributed by atoms with Gasteiger partial charge < -0.3 is 5.32 Å². The Labute approximate surface area is 121 Å². The monoisotopic (exact) mass is 286 g/mol. The van der Waals surface area contributed by atoms with Gasteiger partial charge in [-0.05, 0) is 49.7 Å². The molecule has 0 amide bonds. The Bertz CT molecular complexity index is 718. The van der Waals surface area contributed by atoms with Crippen molar-refractivity contribution in [2.24, 2.45) is 0 Å². The number of rotatable bonds is 3. The van der Waals surface area contributed by atoms with Crippen LogP contribution in [-0.2, 0) is 0 Å². The van der Waals surface area contributed by atoms with Gasteiger partial charge in [0.15, 0.2) is 0 Å². The first-order valence-corrected chi connectivity index (χ1v) is 7.33. The van der Waals surface area contributed by atoms with Crippen molar-refractivity contribution in [1.82, 2.24) is 4.98 Å². The second-order valence-corrected chi connectivity index (χ2v) is 5.91. The third-order valence-electron chi connectivity index (χ3n) is 3.22. The SMILES string of the molecule is Cc1cc(NC(C)c2nc3ccccc3s2)ccc1F. The van der Waals surface area contributed by atoms with Gasteiger partial charge >= 0.3 is 0 Å². The van der Waals surface area contributed by atoms with E-state index < -0.39 is 0 Å². The lowest BCUT2D eigenvalue weighted by molar-refractivity contribution is 0.618. The van der Waals surface area contributed by atoms with Crippen molar-refractivity contribution in [3.63, 3.8) is 0 Å². The van der Waals surface area contributed by atoms with E-state index in [2.05, 4.69) is 23.3 Å². The lowest BCUT2D eigenvalue weighted by Gasteiger charge is -2.13. The molecule has 4 heteroatoms. The van der Waals surface area contributed by atoms with Gasteiger partial charge in [-0.15, -0.1) is 11.3 Å². The number of thiazole rings is 1. The molecule has 2 nitrogen and oxygen atoms in total. The van der Waals surface area contributed by atoms with Crippen LogP contribution < -0.4 is 5.32 Å². The summed E-state index contributed by atoms with van der Waals surface area (Å²) in [5.41, 5.74) is 2.58. The fourth-order valence-electron chi connectivity index (χ4n) is 2.12. The van der Waals surface area contributed by atoms with Crippen LogP contribution >= 0.6 is 11.3 Å². The van der Waals surface area contributed by atoms with Crippen LogP contribution in [0.5, 0.6) is 0 Å². The summed E-state index contributed by atoms with van der Waals surface area (Å²) in [4.78, 5) is 4.63. The average Bonchev–Trinajstić information content (AvgIpc) is 2.87. The highest BCUT2D eigenvalue weighted by Crippen LogP contribution is 2.28. The third-order valence-corrected chi connectivity index (χ3v) is 4.44. The van der Waals surface area contributed by atoms with Crippen LogP contribution in [0.15, 0.2) is 42.5 Å². The molecular weight excluding hydrogens is 271 g/mol. The predicted molar refractivity (Wildman–Crippen MR) is 82.8 cm³/mol. The molecule has 0 fully saturated rings. The largest absolute Gasteiger partial charge is 0.376 e.